The molecule has 0 spiro atoms. The quantitative estimate of drug-likeness (QED) is 0.487. The Bertz CT molecular complexity index is 1090. The van der Waals surface area contributed by atoms with Crippen LogP contribution in [0.4, 0.5) is 5.69 Å². The molecule has 0 fully saturated rings. The first-order valence-corrected chi connectivity index (χ1v) is 8.99. The molecule has 0 aromatic heterocycles. The van der Waals surface area contributed by atoms with E-state index in [0.29, 0.717) is 5.56 Å². The molecular weight excluding hydrogens is 370 g/mol. The zero-order valence-corrected chi connectivity index (χ0v) is 15.6. The maximum atomic E-state index is 12.1. The third-order valence-electron chi connectivity index (χ3n) is 4.61. The van der Waals surface area contributed by atoms with Crippen molar-refractivity contribution >= 4 is 17.5 Å². The van der Waals surface area contributed by atoms with Gasteiger partial charge in [0, 0.05) is 18.6 Å². The Balaban J connectivity index is 1.65. The van der Waals surface area contributed by atoms with Crippen LogP contribution in [0, 0.1) is 10.1 Å². The summed E-state index contributed by atoms with van der Waals surface area (Å²) in [5.74, 6) is -0.132. The van der Waals surface area contributed by atoms with E-state index >= 15 is 0 Å². The van der Waals surface area contributed by atoms with Crippen molar-refractivity contribution in [1.82, 2.24) is 5.01 Å². The molecule has 0 radical (unpaired) electrons. The third-order valence-corrected chi connectivity index (χ3v) is 4.61. The molecule has 0 unspecified atom stereocenters. The molecule has 3 aromatic carbocycles. The predicted molar refractivity (Wildman–Crippen MR) is 108 cm³/mol. The van der Waals surface area contributed by atoms with Crippen LogP contribution >= 0.6 is 0 Å². The second kappa shape index (κ2) is 7.55. The summed E-state index contributed by atoms with van der Waals surface area (Å²) in [4.78, 5) is 23.0. The Morgan fingerprint density at radius 1 is 0.931 bits per heavy atom. The van der Waals surface area contributed by atoms with E-state index in [-0.39, 0.29) is 23.1 Å². The molecule has 0 saturated carbocycles. The summed E-state index contributed by atoms with van der Waals surface area (Å²) in [7, 11) is 0. The van der Waals surface area contributed by atoms with Crippen LogP contribution in [0.15, 0.2) is 84.0 Å². The Kier molecular flexibility index (Phi) is 4.78. The van der Waals surface area contributed by atoms with Crippen LogP contribution in [0.25, 0.3) is 11.1 Å². The van der Waals surface area contributed by atoms with E-state index in [1.54, 1.807) is 18.2 Å². The molecule has 7 nitrogen and oxygen atoms in total. The largest absolute Gasteiger partial charge is 0.445 e. The summed E-state index contributed by atoms with van der Waals surface area (Å²) in [6.07, 6.45) is -0.988. The number of ether oxygens (including phenoxy) is 1. The van der Waals surface area contributed by atoms with Crippen molar-refractivity contribution in [3.05, 3.63) is 100 Å². The highest BCUT2D eigenvalue weighted by molar-refractivity contribution is 5.96. The molecule has 3 aromatic rings. The zero-order valence-electron chi connectivity index (χ0n) is 15.6. The molecule has 0 aliphatic carbocycles. The Morgan fingerprint density at radius 2 is 1.52 bits per heavy atom. The fourth-order valence-electron chi connectivity index (χ4n) is 3.18. The Hall–Kier alpha value is -4.00. The van der Waals surface area contributed by atoms with Gasteiger partial charge in [0.1, 0.15) is 0 Å². The van der Waals surface area contributed by atoms with E-state index in [0.717, 1.165) is 16.1 Å². The lowest BCUT2D eigenvalue weighted by Gasteiger charge is -2.19. The molecule has 1 aliphatic rings. The van der Waals surface area contributed by atoms with Gasteiger partial charge in [-0.2, -0.15) is 5.01 Å². The summed E-state index contributed by atoms with van der Waals surface area (Å²) in [6.45, 7) is 1.34. The van der Waals surface area contributed by atoms with Gasteiger partial charge in [-0.15, -0.1) is 5.10 Å². The maximum absolute atomic E-state index is 12.1. The number of hydrogen-bond donors (Lipinski definition) is 0. The maximum Gasteiger partial charge on any atom is 0.278 e. The molecule has 1 amide bonds. The van der Waals surface area contributed by atoms with Gasteiger partial charge >= 0.3 is 0 Å². The van der Waals surface area contributed by atoms with Crippen LogP contribution in [-0.2, 0) is 9.53 Å². The average Bonchev–Trinajstić information content (AvgIpc) is 3.20. The molecule has 29 heavy (non-hydrogen) atoms. The van der Waals surface area contributed by atoms with Gasteiger partial charge in [0.05, 0.1) is 10.5 Å². The number of nitrogens with zero attached hydrogens (tertiary/aromatic N) is 3. The molecular formula is C22H17N3O4. The van der Waals surface area contributed by atoms with Crippen molar-refractivity contribution < 1.29 is 14.5 Å². The third kappa shape index (κ3) is 3.58. The van der Waals surface area contributed by atoms with Crippen LogP contribution in [-0.4, -0.2) is 21.7 Å². The smallest absolute Gasteiger partial charge is 0.278 e. The van der Waals surface area contributed by atoms with Crippen molar-refractivity contribution in [3.8, 4) is 11.1 Å². The number of para-hydroxylation sites is 1. The van der Waals surface area contributed by atoms with Crippen molar-refractivity contribution in [2.24, 2.45) is 5.10 Å². The molecule has 0 N–H and O–H groups in total. The van der Waals surface area contributed by atoms with E-state index in [9.17, 15) is 14.9 Å². The van der Waals surface area contributed by atoms with Crippen LogP contribution in [0.5, 0.6) is 0 Å². The highest BCUT2D eigenvalue weighted by Gasteiger charge is 2.37. The first-order valence-electron chi connectivity index (χ1n) is 8.99. The van der Waals surface area contributed by atoms with E-state index < -0.39 is 11.2 Å². The minimum Gasteiger partial charge on any atom is -0.445 e. The number of rotatable bonds is 4. The monoisotopic (exact) mass is 387 g/mol. The van der Waals surface area contributed by atoms with Crippen LogP contribution in [0.2, 0.25) is 0 Å². The lowest BCUT2D eigenvalue weighted by atomic mass is 10.0. The fraction of sp³-hybridized carbons (Fsp3) is 0.0909. The van der Waals surface area contributed by atoms with E-state index in [1.165, 1.54) is 13.0 Å². The number of hydrogen-bond acceptors (Lipinski definition) is 5. The lowest BCUT2D eigenvalue weighted by Crippen LogP contribution is -2.25. The number of hydrazone groups is 1. The standard InChI is InChI=1S/C22H17N3O4/c1-15(26)24-22(19-9-5-6-10-20(19)25(27)28)29-21(23-24)18-13-11-17(12-14-18)16-7-3-2-4-8-16/h2-14,22H,1H3/t22-/m1/s1. The molecule has 144 valence electrons. The summed E-state index contributed by atoms with van der Waals surface area (Å²) < 4.78 is 5.89. The first kappa shape index (κ1) is 18.4. The predicted octanol–water partition coefficient (Wildman–Crippen LogP) is 4.50. The lowest BCUT2D eigenvalue weighted by molar-refractivity contribution is -0.386. The summed E-state index contributed by atoms with van der Waals surface area (Å²) in [6, 6.07) is 23.7. The van der Waals surface area contributed by atoms with Gasteiger partial charge in [0.25, 0.3) is 5.69 Å². The van der Waals surface area contributed by atoms with Crippen molar-refractivity contribution in [2.75, 3.05) is 0 Å². The first-order chi connectivity index (χ1) is 14.0. The highest BCUT2D eigenvalue weighted by Crippen LogP contribution is 2.35. The number of benzene rings is 3. The summed E-state index contributed by atoms with van der Waals surface area (Å²) in [5, 5.41) is 16.8. The van der Waals surface area contributed by atoms with Gasteiger partial charge in [-0.3, -0.25) is 14.9 Å². The van der Waals surface area contributed by atoms with Gasteiger partial charge in [0.2, 0.25) is 18.0 Å². The van der Waals surface area contributed by atoms with E-state index in [4.69, 9.17) is 4.74 Å². The van der Waals surface area contributed by atoms with Crippen LogP contribution < -0.4 is 0 Å². The van der Waals surface area contributed by atoms with Gasteiger partial charge in [-0.1, -0.05) is 54.6 Å². The van der Waals surface area contributed by atoms with E-state index in [2.05, 4.69) is 5.10 Å². The molecule has 1 atom stereocenters. The van der Waals surface area contributed by atoms with Gasteiger partial charge in [-0.05, 0) is 29.3 Å². The molecule has 7 heteroatoms. The highest BCUT2D eigenvalue weighted by atomic mass is 16.6. The zero-order chi connectivity index (χ0) is 20.4. The van der Waals surface area contributed by atoms with Crippen LogP contribution in [0.1, 0.15) is 24.3 Å². The number of nitro benzene ring substituents is 1. The number of carbonyl (C=O) groups excluding carboxylic acids is 1. The second-order valence-corrected chi connectivity index (χ2v) is 6.50. The molecule has 0 saturated heterocycles. The number of nitro groups is 1. The Morgan fingerprint density at radius 3 is 2.17 bits per heavy atom. The molecule has 4 rings (SSSR count). The SMILES string of the molecule is CC(=O)N1N=C(c2ccc(-c3ccccc3)cc2)O[C@@H]1c1ccccc1[N+](=O)[O-]. The minimum absolute atomic E-state index is 0.125. The summed E-state index contributed by atoms with van der Waals surface area (Å²) in [5.41, 5.74) is 2.94. The van der Waals surface area contributed by atoms with Crippen molar-refractivity contribution in [2.45, 2.75) is 13.2 Å². The molecule has 1 aliphatic heterocycles. The van der Waals surface area contributed by atoms with Crippen LogP contribution in [0.3, 0.4) is 0 Å². The van der Waals surface area contributed by atoms with E-state index in [1.807, 2.05) is 54.6 Å². The fourth-order valence-corrected chi connectivity index (χ4v) is 3.18. The van der Waals surface area contributed by atoms with Gasteiger partial charge in [-0.25, -0.2) is 0 Å². The van der Waals surface area contributed by atoms with Crippen molar-refractivity contribution in [1.29, 1.82) is 0 Å². The molecule has 1 heterocycles. The second-order valence-electron chi connectivity index (χ2n) is 6.50. The minimum atomic E-state index is -0.988. The normalized spacial score (nSPS) is 15.6. The van der Waals surface area contributed by atoms with Crippen molar-refractivity contribution in [3.63, 3.8) is 0 Å². The Labute approximate surface area is 167 Å². The number of amides is 1. The van der Waals surface area contributed by atoms with Gasteiger partial charge < -0.3 is 4.74 Å². The molecule has 0 bridgehead atoms. The topological polar surface area (TPSA) is 85.0 Å². The summed E-state index contributed by atoms with van der Waals surface area (Å²) >= 11 is 0. The average molecular weight is 387 g/mol. The number of carbonyl (C=O) groups is 1. The van der Waals surface area contributed by atoms with Gasteiger partial charge in [0.15, 0.2) is 0 Å².